The molecule has 2 aromatic carbocycles. The number of alkyl carbamates (subject to hydrolysis) is 1. The smallest absolute Gasteiger partial charge is 0.412 e. The van der Waals surface area contributed by atoms with Crippen molar-refractivity contribution < 1.29 is 19.1 Å². The molecule has 32 heavy (non-hydrogen) atoms. The zero-order valence-corrected chi connectivity index (χ0v) is 19.5. The van der Waals surface area contributed by atoms with E-state index in [-0.39, 0.29) is 5.70 Å². The van der Waals surface area contributed by atoms with E-state index in [4.69, 9.17) is 32.7 Å². The van der Waals surface area contributed by atoms with E-state index >= 15 is 0 Å². The van der Waals surface area contributed by atoms with Gasteiger partial charge in [-0.05, 0) is 62.7 Å². The highest BCUT2D eigenvalue weighted by atomic mass is 35.5. The maximum absolute atomic E-state index is 12.1. The quantitative estimate of drug-likeness (QED) is 0.358. The Bertz CT molecular complexity index is 1200. The second kappa shape index (κ2) is 9.59. The van der Waals surface area contributed by atoms with Gasteiger partial charge in [0.1, 0.15) is 11.3 Å². The molecule has 0 bridgehead atoms. The zero-order valence-electron chi connectivity index (χ0n) is 18.0. The summed E-state index contributed by atoms with van der Waals surface area (Å²) in [6.45, 7) is 5.19. The lowest BCUT2D eigenvalue weighted by Gasteiger charge is -2.20. The number of nitrogens with zero attached hydrogens (tertiary/aromatic N) is 1. The molecule has 0 fully saturated rings. The molecule has 0 saturated carbocycles. The number of aromatic nitrogens is 1. The van der Waals surface area contributed by atoms with Crippen molar-refractivity contribution in [3.05, 3.63) is 69.8 Å². The standard InChI is InChI=1S/C24H22Cl2N2O4/c1-24(2,3)32-23(30)28-20(22(29)31-4)13-14-8-10-18-15(12-14)9-11-19(27-18)21-16(25)6-5-7-17(21)26/h5-13H,1-4H3,(H,28,30)/b20-13-. The van der Waals surface area contributed by atoms with Gasteiger partial charge in [0.25, 0.3) is 0 Å². The molecular weight excluding hydrogens is 451 g/mol. The van der Waals surface area contributed by atoms with Crippen LogP contribution in [0.25, 0.3) is 28.2 Å². The highest BCUT2D eigenvalue weighted by Crippen LogP contribution is 2.34. The normalized spacial score (nSPS) is 11.9. The number of rotatable bonds is 4. The number of ether oxygens (including phenoxy) is 2. The molecule has 1 amide bonds. The van der Waals surface area contributed by atoms with E-state index in [2.05, 4.69) is 10.3 Å². The molecule has 0 saturated heterocycles. The summed E-state index contributed by atoms with van der Waals surface area (Å²) in [5.41, 5.74) is 1.94. The highest BCUT2D eigenvalue weighted by Gasteiger charge is 2.20. The van der Waals surface area contributed by atoms with Gasteiger partial charge in [0.05, 0.1) is 28.4 Å². The van der Waals surface area contributed by atoms with Crippen molar-refractivity contribution in [3.63, 3.8) is 0 Å². The monoisotopic (exact) mass is 472 g/mol. The molecule has 0 aliphatic heterocycles. The molecule has 8 heteroatoms. The number of carbonyl (C=O) groups excluding carboxylic acids is 2. The SMILES string of the molecule is COC(=O)/C(=C/c1ccc2nc(-c3c(Cl)cccc3Cl)ccc2c1)NC(=O)OC(C)(C)C. The number of benzene rings is 2. The molecule has 0 radical (unpaired) electrons. The van der Waals surface area contributed by atoms with Crippen LogP contribution in [-0.4, -0.2) is 29.8 Å². The van der Waals surface area contributed by atoms with Crippen LogP contribution in [0.5, 0.6) is 0 Å². The summed E-state index contributed by atoms with van der Waals surface area (Å²) in [5, 5.41) is 4.30. The predicted molar refractivity (Wildman–Crippen MR) is 127 cm³/mol. The fourth-order valence-electron chi connectivity index (χ4n) is 2.95. The van der Waals surface area contributed by atoms with Gasteiger partial charge in [-0.25, -0.2) is 14.6 Å². The Labute approximate surface area is 196 Å². The molecular formula is C24H22Cl2N2O4. The molecule has 166 valence electrons. The number of halogens is 2. The van der Waals surface area contributed by atoms with Gasteiger partial charge < -0.3 is 9.47 Å². The maximum Gasteiger partial charge on any atom is 0.412 e. The lowest BCUT2D eigenvalue weighted by Crippen LogP contribution is -2.34. The van der Waals surface area contributed by atoms with Crippen LogP contribution in [0.15, 0.2) is 54.2 Å². The Balaban J connectivity index is 1.94. The van der Waals surface area contributed by atoms with E-state index in [1.165, 1.54) is 13.2 Å². The van der Waals surface area contributed by atoms with Crippen LogP contribution in [0.2, 0.25) is 10.0 Å². The maximum atomic E-state index is 12.1. The van der Waals surface area contributed by atoms with Gasteiger partial charge >= 0.3 is 12.1 Å². The Morgan fingerprint density at radius 3 is 2.34 bits per heavy atom. The van der Waals surface area contributed by atoms with E-state index in [0.29, 0.717) is 26.9 Å². The van der Waals surface area contributed by atoms with Crippen molar-refractivity contribution >= 4 is 52.2 Å². The molecule has 0 aliphatic rings. The summed E-state index contributed by atoms with van der Waals surface area (Å²) < 4.78 is 9.99. The Morgan fingerprint density at radius 2 is 1.72 bits per heavy atom. The Hall–Kier alpha value is -3.09. The minimum absolute atomic E-state index is 0.0477. The molecule has 1 N–H and O–H groups in total. The first-order valence-electron chi connectivity index (χ1n) is 9.72. The van der Waals surface area contributed by atoms with Crippen LogP contribution in [0.4, 0.5) is 4.79 Å². The topological polar surface area (TPSA) is 77.5 Å². The van der Waals surface area contributed by atoms with Crippen LogP contribution in [0.3, 0.4) is 0 Å². The third kappa shape index (κ3) is 5.78. The van der Waals surface area contributed by atoms with Gasteiger partial charge in [0.2, 0.25) is 0 Å². The summed E-state index contributed by atoms with van der Waals surface area (Å²) in [6.07, 6.45) is 0.756. The number of carbonyl (C=O) groups is 2. The van der Waals surface area contributed by atoms with Crippen LogP contribution in [0, 0.1) is 0 Å². The number of nitrogens with one attached hydrogen (secondary N) is 1. The summed E-state index contributed by atoms with van der Waals surface area (Å²) in [7, 11) is 1.23. The van der Waals surface area contributed by atoms with Crippen LogP contribution >= 0.6 is 23.2 Å². The number of amides is 1. The minimum Gasteiger partial charge on any atom is -0.464 e. The second-order valence-electron chi connectivity index (χ2n) is 7.92. The first kappa shape index (κ1) is 23.6. The number of hydrogen-bond donors (Lipinski definition) is 1. The summed E-state index contributed by atoms with van der Waals surface area (Å²) in [5.74, 6) is -0.696. The number of fused-ring (bicyclic) bond motifs is 1. The molecule has 1 aromatic heterocycles. The number of methoxy groups -OCH3 is 1. The van der Waals surface area contributed by atoms with E-state index in [9.17, 15) is 9.59 Å². The van der Waals surface area contributed by atoms with Gasteiger partial charge in [-0.3, -0.25) is 5.32 Å². The van der Waals surface area contributed by atoms with Crippen LogP contribution < -0.4 is 5.32 Å². The van der Waals surface area contributed by atoms with Crippen LogP contribution in [0.1, 0.15) is 26.3 Å². The van der Waals surface area contributed by atoms with E-state index in [0.717, 1.165) is 10.9 Å². The van der Waals surface area contributed by atoms with Crippen molar-refractivity contribution in [1.29, 1.82) is 0 Å². The minimum atomic E-state index is -0.752. The second-order valence-corrected chi connectivity index (χ2v) is 8.74. The average Bonchev–Trinajstić information content (AvgIpc) is 2.71. The average molecular weight is 473 g/mol. The Morgan fingerprint density at radius 1 is 1.03 bits per heavy atom. The number of pyridine rings is 1. The predicted octanol–water partition coefficient (Wildman–Crippen LogP) is 6.25. The van der Waals surface area contributed by atoms with Gasteiger partial charge in [-0.1, -0.05) is 41.4 Å². The lowest BCUT2D eigenvalue weighted by atomic mass is 10.1. The molecule has 0 atom stereocenters. The van der Waals surface area contributed by atoms with Gasteiger partial charge in [-0.15, -0.1) is 0 Å². The summed E-state index contributed by atoms with van der Waals surface area (Å²) in [4.78, 5) is 28.9. The van der Waals surface area contributed by atoms with Crippen molar-refractivity contribution in [3.8, 4) is 11.3 Å². The fraction of sp³-hybridized carbons (Fsp3) is 0.208. The zero-order chi connectivity index (χ0) is 23.5. The molecule has 6 nitrogen and oxygen atoms in total. The van der Waals surface area contributed by atoms with Gasteiger partial charge in [-0.2, -0.15) is 0 Å². The van der Waals surface area contributed by atoms with E-state index in [1.54, 1.807) is 51.1 Å². The fourth-order valence-corrected chi connectivity index (χ4v) is 3.54. The van der Waals surface area contributed by atoms with Crippen molar-refractivity contribution in [2.24, 2.45) is 0 Å². The molecule has 3 aromatic rings. The molecule has 0 unspecified atom stereocenters. The first-order valence-corrected chi connectivity index (χ1v) is 10.5. The van der Waals surface area contributed by atoms with Gasteiger partial charge in [0.15, 0.2) is 0 Å². The summed E-state index contributed by atoms with van der Waals surface area (Å²) >= 11 is 12.6. The highest BCUT2D eigenvalue weighted by molar-refractivity contribution is 6.39. The van der Waals surface area contributed by atoms with E-state index in [1.807, 2.05) is 18.2 Å². The van der Waals surface area contributed by atoms with Crippen LogP contribution in [-0.2, 0) is 14.3 Å². The van der Waals surface area contributed by atoms with Gasteiger partial charge in [0, 0.05) is 10.9 Å². The third-order valence-electron chi connectivity index (χ3n) is 4.28. The number of hydrogen-bond acceptors (Lipinski definition) is 5. The van der Waals surface area contributed by atoms with Crippen molar-refractivity contribution in [2.75, 3.05) is 7.11 Å². The molecule has 3 rings (SSSR count). The largest absolute Gasteiger partial charge is 0.464 e. The molecule has 0 aliphatic carbocycles. The summed E-state index contributed by atoms with van der Waals surface area (Å²) in [6, 6.07) is 14.4. The van der Waals surface area contributed by atoms with Crippen molar-refractivity contribution in [1.82, 2.24) is 10.3 Å². The number of esters is 1. The van der Waals surface area contributed by atoms with E-state index < -0.39 is 17.7 Å². The lowest BCUT2D eigenvalue weighted by molar-refractivity contribution is -0.136. The molecule has 1 heterocycles. The Kier molecular flexibility index (Phi) is 7.06. The third-order valence-corrected chi connectivity index (χ3v) is 4.91. The first-order chi connectivity index (χ1) is 15.1. The molecule has 0 spiro atoms. The van der Waals surface area contributed by atoms with Crippen molar-refractivity contribution in [2.45, 2.75) is 26.4 Å².